The molecule has 0 aliphatic carbocycles. The van der Waals surface area contributed by atoms with Gasteiger partial charge in [-0.1, -0.05) is 0 Å². The van der Waals surface area contributed by atoms with E-state index in [0.29, 0.717) is 11.5 Å². The number of aromatic nitrogens is 1. The molecule has 4 rings (SSSR count). The van der Waals surface area contributed by atoms with E-state index in [1.54, 1.807) is 24.5 Å². The lowest BCUT2D eigenvalue weighted by Gasteiger charge is -2.23. The molecule has 3 heterocycles. The van der Waals surface area contributed by atoms with Crippen molar-refractivity contribution in [3.8, 4) is 11.5 Å². The van der Waals surface area contributed by atoms with Crippen LogP contribution in [-0.2, 0) is 19.6 Å². The average molecular weight is 475 g/mol. The van der Waals surface area contributed by atoms with Gasteiger partial charge < -0.3 is 9.64 Å². The van der Waals surface area contributed by atoms with E-state index in [0.717, 1.165) is 9.21 Å². The number of ether oxygens (including phenoxy) is 1. The van der Waals surface area contributed by atoms with Gasteiger partial charge >= 0.3 is 6.03 Å². The Kier molecular flexibility index (Phi) is 6.01. The summed E-state index contributed by atoms with van der Waals surface area (Å²) in [7, 11) is -2.76. The maximum absolute atomic E-state index is 13.3. The van der Waals surface area contributed by atoms with E-state index in [2.05, 4.69) is 4.98 Å². The second-order valence-electron chi connectivity index (χ2n) is 7.61. The average Bonchev–Trinajstić information content (AvgIpc) is 3.35. The summed E-state index contributed by atoms with van der Waals surface area (Å²) in [5.74, 6) is -0.522. The van der Waals surface area contributed by atoms with Gasteiger partial charge in [0.25, 0.3) is 11.8 Å². The number of rotatable bonds is 6. The van der Waals surface area contributed by atoms with Crippen LogP contribution in [0.25, 0.3) is 0 Å². The maximum Gasteiger partial charge on any atom is 0.327 e. The number of sulfonamides is 1. The van der Waals surface area contributed by atoms with Gasteiger partial charge in [-0.3, -0.25) is 24.7 Å². The van der Waals surface area contributed by atoms with Crippen molar-refractivity contribution in [2.24, 2.45) is 0 Å². The first-order valence-corrected chi connectivity index (χ1v) is 11.4. The number of carbonyl (C=O) groups excluding carboxylic acids is 3. The van der Waals surface area contributed by atoms with Crippen molar-refractivity contribution in [1.29, 1.82) is 0 Å². The number of hydrogen-bond donors (Lipinski definition) is 2. The number of nitrogens with zero attached hydrogens (tertiary/aromatic N) is 4. The summed E-state index contributed by atoms with van der Waals surface area (Å²) in [4.78, 5) is 42.8. The van der Waals surface area contributed by atoms with Gasteiger partial charge in [-0.05, 0) is 42.8 Å². The number of carbonyl (C=O) groups is 3. The Bertz CT molecular complexity index is 1170. The van der Waals surface area contributed by atoms with Crippen LogP contribution >= 0.6 is 0 Å². The molecule has 1 aromatic heterocycles. The molecule has 2 atom stereocenters. The number of imide groups is 1. The van der Waals surface area contributed by atoms with Crippen molar-refractivity contribution in [3.63, 3.8) is 0 Å². The summed E-state index contributed by atoms with van der Waals surface area (Å²) in [5.41, 5.74) is 1.47. The van der Waals surface area contributed by atoms with E-state index < -0.39 is 40.0 Å². The van der Waals surface area contributed by atoms with Gasteiger partial charge in [0.1, 0.15) is 24.1 Å². The zero-order valence-electron chi connectivity index (χ0n) is 17.5. The summed E-state index contributed by atoms with van der Waals surface area (Å²) >= 11 is 0. The van der Waals surface area contributed by atoms with Crippen molar-refractivity contribution in [1.82, 2.24) is 24.6 Å². The van der Waals surface area contributed by atoms with Crippen LogP contribution in [0, 0.1) is 0 Å². The fourth-order valence-corrected chi connectivity index (χ4v) is 5.54. The number of amides is 4. The minimum Gasteiger partial charge on any atom is -0.457 e. The molecule has 1 aromatic carbocycles. The van der Waals surface area contributed by atoms with Gasteiger partial charge in [-0.25, -0.2) is 18.7 Å². The fraction of sp³-hybridized carbons (Fsp3) is 0.300. The monoisotopic (exact) mass is 475 g/mol. The molecule has 0 unspecified atom stereocenters. The molecule has 2 aliphatic rings. The van der Waals surface area contributed by atoms with Crippen molar-refractivity contribution in [2.75, 3.05) is 20.1 Å². The van der Waals surface area contributed by atoms with E-state index in [1.165, 1.54) is 41.7 Å². The zero-order valence-corrected chi connectivity index (χ0v) is 18.3. The molecule has 0 bridgehead atoms. The third-order valence-corrected chi connectivity index (χ3v) is 7.39. The molecule has 33 heavy (non-hydrogen) atoms. The molecular formula is C20H21N5O7S. The van der Waals surface area contributed by atoms with Crippen molar-refractivity contribution < 1.29 is 32.7 Å². The molecule has 0 spiro atoms. The molecule has 2 aliphatic heterocycles. The Morgan fingerprint density at radius 2 is 1.76 bits per heavy atom. The van der Waals surface area contributed by atoms with Crippen molar-refractivity contribution >= 4 is 27.9 Å². The number of hydrogen-bond acceptors (Lipinski definition) is 8. The molecule has 2 fully saturated rings. The Morgan fingerprint density at radius 1 is 1.12 bits per heavy atom. The molecule has 2 aromatic rings. The van der Waals surface area contributed by atoms with Gasteiger partial charge in [0.2, 0.25) is 10.0 Å². The maximum atomic E-state index is 13.3. The van der Waals surface area contributed by atoms with Crippen LogP contribution in [0.4, 0.5) is 4.79 Å². The van der Waals surface area contributed by atoms with Gasteiger partial charge in [0, 0.05) is 26.0 Å². The largest absolute Gasteiger partial charge is 0.457 e. The first kappa shape index (κ1) is 22.6. The predicted octanol–water partition coefficient (Wildman–Crippen LogP) is 0.405. The molecule has 4 amide bonds. The van der Waals surface area contributed by atoms with Gasteiger partial charge in [0.15, 0.2) is 0 Å². The highest BCUT2D eigenvalue weighted by molar-refractivity contribution is 7.89. The quantitative estimate of drug-likeness (QED) is 0.346. The van der Waals surface area contributed by atoms with E-state index in [1.807, 2.05) is 0 Å². The molecule has 12 nitrogen and oxygen atoms in total. The summed E-state index contributed by atoms with van der Waals surface area (Å²) in [6.45, 7) is -0.404. The summed E-state index contributed by atoms with van der Waals surface area (Å²) < 4.78 is 33.2. The molecule has 2 N–H and O–H groups in total. The first-order valence-electron chi connectivity index (χ1n) is 9.93. The van der Waals surface area contributed by atoms with E-state index >= 15 is 0 Å². The predicted molar refractivity (Wildman–Crippen MR) is 112 cm³/mol. The number of nitrogens with one attached hydrogen (secondary N) is 1. The van der Waals surface area contributed by atoms with E-state index in [9.17, 15) is 22.8 Å². The summed E-state index contributed by atoms with van der Waals surface area (Å²) in [6.07, 6.45) is 2.97. The van der Waals surface area contributed by atoms with Crippen LogP contribution in [0.5, 0.6) is 11.5 Å². The van der Waals surface area contributed by atoms with Gasteiger partial charge in [0.05, 0.1) is 10.9 Å². The number of urea groups is 1. The van der Waals surface area contributed by atoms with Crippen LogP contribution in [0.15, 0.2) is 53.7 Å². The standard InChI is InChI=1S/C20H21N5O7S/c1-23-12-18(26)25(20(23)28)13-10-17(19(27)22-29)24(11-13)33(30,31)16-4-2-14(3-5-16)32-15-6-8-21-9-7-15/h2-9,13,17,29H,10-12H2,1H3,(H,22,27)/t13-,17+/m0/s1. The number of pyridine rings is 1. The lowest BCUT2D eigenvalue weighted by molar-refractivity contribution is -0.132. The smallest absolute Gasteiger partial charge is 0.327 e. The summed E-state index contributed by atoms with van der Waals surface area (Å²) in [6, 6.07) is 6.15. The van der Waals surface area contributed by atoms with Crippen LogP contribution < -0.4 is 10.2 Å². The van der Waals surface area contributed by atoms with Crippen LogP contribution in [0.3, 0.4) is 0 Å². The van der Waals surface area contributed by atoms with Gasteiger partial charge in [-0.15, -0.1) is 0 Å². The second kappa shape index (κ2) is 8.77. The van der Waals surface area contributed by atoms with E-state index in [4.69, 9.17) is 9.94 Å². The SMILES string of the molecule is CN1CC(=O)N([C@H]2C[C@H](C(=O)NO)N(S(=O)(=O)c3ccc(Oc4ccncc4)cc3)C2)C1=O. The van der Waals surface area contributed by atoms with Crippen LogP contribution in [0.1, 0.15) is 6.42 Å². The Morgan fingerprint density at radius 3 is 2.33 bits per heavy atom. The van der Waals surface area contributed by atoms with Gasteiger partial charge in [-0.2, -0.15) is 4.31 Å². The molecule has 0 saturated carbocycles. The van der Waals surface area contributed by atoms with Crippen LogP contribution in [-0.4, -0.2) is 82.8 Å². The van der Waals surface area contributed by atoms with Crippen molar-refractivity contribution in [2.45, 2.75) is 23.4 Å². The highest BCUT2D eigenvalue weighted by Crippen LogP contribution is 2.32. The molecule has 0 radical (unpaired) electrons. The lowest BCUT2D eigenvalue weighted by Crippen LogP contribution is -2.45. The number of hydroxylamine groups is 1. The second-order valence-corrected chi connectivity index (χ2v) is 9.51. The molecular weight excluding hydrogens is 454 g/mol. The van der Waals surface area contributed by atoms with Crippen molar-refractivity contribution in [3.05, 3.63) is 48.8 Å². The Hall–Kier alpha value is -3.55. The molecule has 2 saturated heterocycles. The third kappa shape index (κ3) is 4.25. The zero-order chi connectivity index (χ0) is 23.8. The summed E-state index contributed by atoms with van der Waals surface area (Å²) in [5, 5.41) is 9.13. The molecule has 174 valence electrons. The number of likely N-dealkylation sites (N-methyl/N-ethyl adjacent to an activating group) is 1. The van der Waals surface area contributed by atoms with Crippen LogP contribution in [0.2, 0.25) is 0 Å². The minimum atomic E-state index is -4.21. The third-order valence-electron chi connectivity index (χ3n) is 5.50. The first-order chi connectivity index (χ1) is 15.7. The Balaban J connectivity index is 1.59. The lowest BCUT2D eigenvalue weighted by atomic mass is 10.1. The minimum absolute atomic E-state index is 0.114. The van der Waals surface area contributed by atoms with E-state index in [-0.39, 0.29) is 24.4 Å². The fourth-order valence-electron chi connectivity index (χ4n) is 3.90. The number of benzene rings is 1. The highest BCUT2D eigenvalue weighted by Gasteiger charge is 2.50. The highest BCUT2D eigenvalue weighted by atomic mass is 32.2. The topological polar surface area (TPSA) is 149 Å². The molecule has 13 heteroatoms. The normalized spacial score (nSPS) is 21.5. The Labute approximate surface area is 189 Å².